The quantitative estimate of drug-likeness (QED) is 0.810. The van der Waals surface area contributed by atoms with Crippen molar-refractivity contribution in [1.82, 2.24) is 0 Å². The molecule has 0 amide bonds. The first-order chi connectivity index (χ1) is 6.65. The van der Waals surface area contributed by atoms with E-state index < -0.39 is 0 Å². The highest BCUT2D eigenvalue weighted by molar-refractivity contribution is 5.89. The third-order valence-electron chi connectivity index (χ3n) is 1.95. The molecule has 0 saturated heterocycles. The Labute approximate surface area is 96.0 Å². The summed E-state index contributed by atoms with van der Waals surface area (Å²) in [5.41, 5.74) is 7.26. The van der Waals surface area contributed by atoms with Gasteiger partial charge in [-0.05, 0) is 31.5 Å². The summed E-state index contributed by atoms with van der Waals surface area (Å²) in [5, 5.41) is 0. The van der Waals surface area contributed by atoms with Gasteiger partial charge in [0.1, 0.15) is 0 Å². The summed E-state index contributed by atoms with van der Waals surface area (Å²) in [6.07, 6.45) is 0. The van der Waals surface area contributed by atoms with E-state index in [-0.39, 0.29) is 24.4 Å². The Bertz CT molecular complexity index is 309. The standard InChI is InChI=1S/C11H15NO2.ClH/c1-3-14-11(13)10-6-4-9(5-7-10)8(2)12;/h4-8H,3,12H2,1-2H3;1H/t8-;/m0./s1. The van der Waals surface area contributed by atoms with Crippen LogP contribution in [-0.4, -0.2) is 12.6 Å². The number of rotatable bonds is 3. The van der Waals surface area contributed by atoms with Crippen molar-refractivity contribution >= 4 is 18.4 Å². The van der Waals surface area contributed by atoms with E-state index in [9.17, 15) is 4.79 Å². The smallest absolute Gasteiger partial charge is 0.338 e. The van der Waals surface area contributed by atoms with Crippen LogP contribution in [0.1, 0.15) is 35.8 Å². The molecule has 1 rings (SSSR count). The fourth-order valence-corrected chi connectivity index (χ4v) is 1.14. The molecule has 0 radical (unpaired) electrons. The molecule has 0 heterocycles. The summed E-state index contributed by atoms with van der Waals surface area (Å²) >= 11 is 0. The van der Waals surface area contributed by atoms with Crippen LogP contribution in [0.5, 0.6) is 0 Å². The van der Waals surface area contributed by atoms with Crippen LogP contribution in [0, 0.1) is 0 Å². The Balaban J connectivity index is 0.00000196. The minimum atomic E-state index is -0.288. The monoisotopic (exact) mass is 229 g/mol. The average molecular weight is 230 g/mol. The second-order valence-corrected chi connectivity index (χ2v) is 3.13. The van der Waals surface area contributed by atoms with Crippen LogP contribution in [0.25, 0.3) is 0 Å². The largest absolute Gasteiger partial charge is 0.462 e. The number of carbonyl (C=O) groups excluding carboxylic acids is 1. The zero-order valence-electron chi connectivity index (χ0n) is 8.90. The molecule has 0 saturated carbocycles. The summed E-state index contributed by atoms with van der Waals surface area (Å²) in [7, 11) is 0. The maximum absolute atomic E-state index is 11.3. The molecule has 0 aliphatic heterocycles. The Morgan fingerprint density at radius 2 is 1.93 bits per heavy atom. The Morgan fingerprint density at radius 3 is 2.33 bits per heavy atom. The Morgan fingerprint density at radius 1 is 1.40 bits per heavy atom. The molecule has 0 aliphatic carbocycles. The van der Waals surface area contributed by atoms with Gasteiger partial charge in [0.05, 0.1) is 12.2 Å². The highest BCUT2D eigenvalue weighted by Crippen LogP contribution is 2.11. The second kappa shape index (κ2) is 6.43. The van der Waals surface area contributed by atoms with Gasteiger partial charge in [0.25, 0.3) is 0 Å². The SMILES string of the molecule is CCOC(=O)c1ccc([C@H](C)N)cc1.Cl. The van der Waals surface area contributed by atoms with Gasteiger partial charge in [-0.1, -0.05) is 12.1 Å². The van der Waals surface area contributed by atoms with E-state index in [4.69, 9.17) is 10.5 Å². The fourth-order valence-electron chi connectivity index (χ4n) is 1.14. The van der Waals surface area contributed by atoms with Gasteiger partial charge in [0.15, 0.2) is 0 Å². The van der Waals surface area contributed by atoms with Crippen LogP contribution >= 0.6 is 12.4 Å². The van der Waals surface area contributed by atoms with Gasteiger partial charge in [0.2, 0.25) is 0 Å². The van der Waals surface area contributed by atoms with Crippen molar-refractivity contribution in [3.63, 3.8) is 0 Å². The predicted octanol–water partition coefficient (Wildman–Crippen LogP) is 2.30. The molecule has 1 aromatic rings. The van der Waals surface area contributed by atoms with E-state index in [0.717, 1.165) is 5.56 Å². The number of nitrogens with two attached hydrogens (primary N) is 1. The number of halogens is 1. The molecule has 3 nitrogen and oxygen atoms in total. The van der Waals surface area contributed by atoms with Crippen LogP contribution in [0.3, 0.4) is 0 Å². The van der Waals surface area contributed by atoms with Crippen molar-refractivity contribution in [2.75, 3.05) is 6.61 Å². The van der Waals surface area contributed by atoms with Crippen molar-refractivity contribution in [3.05, 3.63) is 35.4 Å². The fraction of sp³-hybridized carbons (Fsp3) is 0.364. The lowest BCUT2D eigenvalue weighted by Gasteiger charge is -2.06. The van der Waals surface area contributed by atoms with E-state index in [1.54, 1.807) is 19.1 Å². The van der Waals surface area contributed by atoms with Crippen LogP contribution < -0.4 is 5.73 Å². The topological polar surface area (TPSA) is 52.3 Å². The molecule has 4 heteroatoms. The van der Waals surface area contributed by atoms with Crippen molar-refractivity contribution < 1.29 is 9.53 Å². The number of hydrogen-bond acceptors (Lipinski definition) is 3. The molecule has 0 unspecified atom stereocenters. The van der Waals surface area contributed by atoms with E-state index in [0.29, 0.717) is 12.2 Å². The zero-order valence-corrected chi connectivity index (χ0v) is 9.71. The maximum Gasteiger partial charge on any atom is 0.338 e. The van der Waals surface area contributed by atoms with Gasteiger partial charge in [0, 0.05) is 6.04 Å². The van der Waals surface area contributed by atoms with Crippen LogP contribution in [-0.2, 0) is 4.74 Å². The molecule has 0 fully saturated rings. The Hall–Kier alpha value is -1.06. The van der Waals surface area contributed by atoms with Crippen LogP contribution in [0.2, 0.25) is 0 Å². The summed E-state index contributed by atoms with van der Waals surface area (Å²) < 4.78 is 4.86. The van der Waals surface area contributed by atoms with Gasteiger partial charge in [-0.15, -0.1) is 12.4 Å². The van der Waals surface area contributed by atoms with Gasteiger partial charge in [-0.25, -0.2) is 4.79 Å². The van der Waals surface area contributed by atoms with E-state index >= 15 is 0 Å². The summed E-state index contributed by atoms with van der Waals surface area (Å²) in [4.78, 5) is 11.3. The Kier molecular flexibility index (Phi) is 5.97. The van der Waals surface area contributed by atoms with Crippen molar-refractivity contribution in [2.45, 2.75) is 19.9 Å². The van der Waals surface area contributed by atoms with Crippen molar-refractivity contribution in [1.29, 1.82) is 0 Å². The molecule has 84 valence electrons. The number of ether oxygens (including phenoxy) is 1. The average Bonchev–Trinajstić information content (AvgIpc) is 2.18. The predicted molar refractivity (Wildman–Crippen MR) is 62.2 cm³/mol. The lowest BCUT2D eigenvalue weighted by Crippen LogP contribution is -2.07. The van der Waals surface area contributed by atoms with E-state index in [1.165, 1.54) is 0 Å². The third kappa shape index (κ3) is 3.90. The normalized spacial score (nSPS) is 11.4. The van der Waals surface area contributed by atoms with E-state index in [2.05, 4.69) is 0 Å². The number of benzene rings is 1. The molecular formula is C11H16ClNO2. The van der Waals surface area contributed by atoms with Gasteiger partial charge in [-0.3, -0.25) is 0 Å². The first kappa shape index (κ1) is 13.9. The van der Waals surface area contributed by atoms with Crippen molar-refractivity contribution in [3.8, 4) is 0 Å². The van der Waals surface area contributed by atoms with Crippen LogP contribution in [0.4, 0.5) is 0 Å². The minimum Gasteiger partial charge on any atom is -0.462 e. The third-order valence-corrected chi connectivity index (χ3v) is 1.95. The highest BCUT2D eigenvalue weighted by atomic mass is 35.5. The number of carbonyl (C=O) groups is 1. The molecule has 0 aromatic heterocycles. The first-order valence-corrected chi connectivity index (χ1v) is 4.67. The highest BCUT2D eigenvalue weighted by Gasteiger charge is 2.06. The van der Waals surface area contributed by atoms with Crippen LogP contribution in [0.15, 0.2) is 24.3 Å². The summed E-state index contributed by atoms with van der Waals surface area (Å²) in [5.74, 6) is -0.288. The minimum absolute atomic E-state index is 0. The van der Waals surface area contributed by atoms with E-state index in [1.807, 2.05) is 19.1 Å². The van der Waals surface area contributed by atoms with Gasteiger partial charge >= 0.3 is 5.97 Å². The second-order valence-electron chi connectivity index (χ2n) is 3.13. The lowest BCUT2D eigenvalue weighted by molar-refractivity contribution is 0.0526. The van der Waals surface area contributed by atoms with Gasteiger partial charge in [-0.2, -0.15) is 0 Å². The first-order valence-electron chi connectivity index (χ1n) is 4.67. The lowest BCUT2D eigenvalue weighted by atomic mass is 10.1. The molecule has 15 heavy (non-hydrogen) atoms. The number of esters is 1. The molecule has 2 N–H and O–H groups in total. The van der Waals surface area contributed by atoms with Crippen molar-refractivity contribution in [2.24, 2.45) is 5.73 Å². The molecule has 1 aromatic carbocycles. The summed E-state index contributed by atoms with van der Waals surface area (Å²) in [6, 6.07) is 7.15. The summed E-state index contributed by atoms with van der Waals surface area (Å²) in [6.45, 7) is 4.08. The molecule has 0 aliphatic rings. The molecular weight excluding hydrogens is 214 g/mol. The molecule has 1 atom stereocenters. The number of hydrogen-bond donors (Lipinski definition) is 1. The van der Waals surface area contributed by atoms with Gasteiger partial charge < -0.3 is 10.5 Å². The zero-order chi connectivity index (χ0) is 10.6. The molecule has 0 spiro atoms. The maximum atomic E-state index is 11.3. The molecule has 0 bridgehead atoms.